The number of quaternary nitrogens is 1. The number of thioether (sulfide) groups is 1. The minimum Gasteiger partial charge on any atom is -0.294 e. The molecule has 0 bridgehead atoms. The van der Waals surface area contributed by atoms with E-state index in [9.17, 15) is 4.79 Å². The molecule has 1 amide bonds. The highest BCUT2D eigenvalue weighted by Gasteiger charge is 2.07. The number of hydrogen-bond acceptors (Lipinski definition) is 2. The van der Waals surface area contributed by atoms with E-state index in [1.807, 2.05) is 6.07 Å². The van der Waals surface area contributed by atoms with Gasteiger partial charge in [-0.15, -0.1) is 0 Å². The Labute approximate surface area is 92.1 Å². The Morgan fingerprint density at radius 3 is 2.93 bits per heavy atom. The number of carbonyl (C=O) groups excluding carboxylic acids is 1. The molecule has 1 aromatic carbocycles. The van der Waals surface area contributed by atoms with E-state index in [1.165, 1.54) is 11.8 Å². The van der Waals surface area contributed by atoms with E-state index < -0.39 is 0 Å². The molecule has 14 heavy (non-hydrogen) atoms. The number of benzene rings is 1. The van der Waals surface area contributed by atoms with Crippen LogP contribution in [0.1, 0.15) is 5.56 Å². The molecule has 0 aromatic heterocycles. The van der Waals surface area contributed by atoms with Crippen LogP contribution in [-0.4, -0.2) is 5.91 Å². The third kappa shape index (κ3) is 3.18. The van der Waals surface area contributed by atoms with E-state index in [4.69, 9.17) is 11.6 Å². The lowest BCUT2D eigenvalue weighted by atomic mass is 10.1. The molecule has 0 saturated carbocycles. The molecule has 0 unspecified atom stereocenters. The summed E-state index contributed by atoms with van der Waals surface area (Å²) in [5.41, 5.74) is 4.25. The van der Waals surface area contributed by atoms with Crippen molar-refractivity contribution >= 4 is 29.3 Å². The van der Waals surface area contributed by atoms with Gasteiger partial charge in [0.25, 0.3) is 0 Å². The number of rotatable bonds is 4. The lowest BCUT2D eigenvalue weighted by Crippen LogP contribution is -2.57. The van der Waals surface area contributed by atoms with Gasteiger partial charge < -0.3 is 0 Å². The molecule has 0 atom stereocenters. The molecule has 2 nitrogen and oxygen atoms in total. The molecule has 0 heterocycles. The average Bonchev–Trinajstić information content (AvgIpc) is 2.09. The van der Waals surface area contributed by atoms with Crippen LogP contribution in [0, 0.1) is 0 Å². The summed E-state index contributed by atoms with van der Waals surface area (Å²) in [6.45, 7) is 3.63. The molecule has 1 aromatic rings. The highest BCUT2D eigenvalue weighted by atomic mass is 35.5. The molecular weight excluding hydrogens is 218 g/mol. The quantitative estimate of drug-likeness (QED) is 0.800. The SMILES string of the molecule is C=CSc1ccc(Cl)cc1CC([NH3+])=O. The van der Waals surface area contributed by atoms with Crippen molar-refractivity contribution in [2.45, 2.75) is 11.3 Å². The van der Waals surface area contributed by atoms with Crippen LogP contribution in [0.2, 0.25) is 5.02 Å². The van der Waals surface area contributed by atoms with Crippen LogP contribution < -0.4 is 5.73 Å². The predicted octanol–water partition coefficient (Wildman–Crippen LogP) is 1.89. The van der Waals surface area contributed by atoms with Gasteiger partial charge in [-0.25, -0.2) is 4.79 Å². The Bertz CT molecular complexity index is 365. The van der Waals surface area contributed by atoms with Crippen LogP contribution in [0.5, 0.6) is 0 Å². The molecule has 3 N–H and O–H groups in total. The van der Waals surface area contributed by atoms with E-state index in [1.54, 1.807) is 17.5 Å². The van der Waals surface area contributed by atoms with E-state index >= 15 is 0 Å². The second kappa shape index (κ2) is 5.20. The van der Waals surface area contributed by atoms with Crippen molar-refractivity contribution in [1.29, 1.82) is 0 Å². The molecule has 74 valence electrons. The van der Waals surface area contributed by atoms with Crippen molar-refractivity contribution in [1.82, 2.24) is 0 Å². The van der Waals surface area contributed by atoms with Gasteiger partial charge in [0, 0.05) is 9.92 Å². The largest absolute Gasteiger partial charge is 0.313 e. The fourth-order valence-electron chi connectivity index (χ4n) is 1.10. The number of carbonyl (C=O) groups is 1. The van der Waals surface area contributed by atoms with Crippen LogP contribution in [0.4, 0.5) is 0 Å². The minimum absolute atomic E-state index is 0.113. The summed E-state index contributed by atoms with van der Waals surface area (Å²) in [5.74, 6) is -0.113. The van der Waals surface area contributed by atoms with Crippen LogP contribution in [0.25, 0.3) is 0 Å². The first-order valence-electron chi connectivity index (χ1n) is 4.04. The molecule has 0 aliphatic rings. The zero-order chi connectivity index (χ0) is 10.6. The highest BCUT2D eigenvalue weighted by Crippen LogP contribution is 2.26. The third-order valence-electron chi connectivity index (χ3n) is 1.62. The van der Waals surface area contributed by atoms with E-state index in [2.05, 4.69) is 12.3 Å². The van der Waals surface area contributed by atoms with Gasteiger partial charge in [0.1, 0.15) is 0 Å². The maximum Gasteiger partial charge on any atom is 0.313 e. The molecule has 0 aliphatic heterocycles. The normalized spacial score (nSPS) is 9.86. The van der Waals surface area contributed by atoms with Gasteiger partial charge in [0.05, 0.1) is 6.42 Å². The summed E-state index contributed by atoms with van der Waals surface area (Å²) < 4.78 is 0. The van der Waals surface area contributed by atoms with Gasteiger partial charge >= 0.3 is 5.91 Å². The van der Waals surface area contributed by atoms with Crippen molar-refractivity contribution in [2.75, 3.05) is 0 Å². The lowest BCUT2D eigenvalue weighted by molar-refractivity contribution is -0.304. The van der Waals surface area contributed by atoms with Gasteiger partial charge in [0.2, 0.25) is 0 Å². The lowest BCUT2D eigenvalue weighted by Gasteiger charge is -2.04. The summed E-state index contributed by atoms with van der Waals surface area (Å²) in [6, 6.07) is 5.47. The molecule has 0 fully saturated rings. The monoisotopic (exact) mass is 228 g/mol. The van der Waals surface area contributed by atoms with Gasteiger partial charge in [0.15, 0.2) is 0 Å². The molecule has 1 rings (SSSR count). The second-order valence-corrected chi connectivity index (χ2v) is 4.20. The van der Waals surface area contributed by atoms with Gasteiger partial charge in [-0.1, -0.05) is 29.9 Å². The minimum atomic E-state index is -0.113. The second-order valence-electron chi connectivity index (χ2n) is 2.75. The molecule has 0 aliphatic carbocycles. The van der Waals surface area contributed by atoms with E-state index in [0.717, 1.165) is 10.5 Å². The number of amides is 1. The fraction of sp³-hybridized carbons (Fsp3) is 0.100. The molecular formula is C10H11ClNOS+. The van der Waals surface area contributed by atoms with E-state index in [0.29, 0.717) is 11.4 Å². The van der Waals surface area contributed by atoms with Gasteiger partial charge in [-0.2, -0.15) is 0 Å². The molecule has 4 heteroatoms. The van der Waals surface area contributed by atoms with Crippen LogP contribution in [0.15, 0.2) is 35.1 Å². The standard InChI is InChI=1S/C10H10ClNOS/c1-2-14-9-4-3-8(11)5-7(9)6-10(12)13/h2-5H,1,6H2,(H2,12,13)/p+1. The maximum absolute atomic E-state index is 10.9. The number of hydrogen-bond donors (Lipinski definition) is 1. The summed E-state index contributed by atoms with van der Waals surface area (Å²) in [5, 5.41) is 2.36. The Hall–Kier alpha value is -0.770. The topological polar surface area (TPSA) is 44.7 Å². The molecule has 0 saturated heterocycles. The maximum atomic E-state index is 10.9. The summed E-state index contributed by atoms with van der Waals surface area (Å²) in [4.78, 5) is 11.9. The smallest absolute Gasteiger partial charge is 0.294 e. The molecule has 0 spiro atoms. The predicted molar refractivity (Wildman–Crippen MR) is 59.1 cm³/mol. The zero-order valence-electron chi connectivity index (χ0n) is 7.63. The summed E-state index contributed by atoms with van der Waals surface area (Å²) >= 11 is 7.31. The highest BCUT2D eigenvalue weighted by molar-refractivity contribution is 8.02. The van der Waals surface area contributed by atoms with Crippen molar-refractivity contribution in [2.24, 2.45) is 0 Å². The van der Waals surface area contributed by atoms with E-state index in [-0.39, 0.29) is 5.91 Å². The first kappa shape index (κ1) is 11.3. The Balaban J connectivity index is 3.01. The first-order valence-corrected chi connectivity index (χ1v) is 5.30. The van der Waals surface area contributed by atoms with Crippen LogP contribution in [-0.2, 0) is 11.2 Å². The van der Waals surface area contributed by atoms with Gasteiger partial charge in [-0.3, -0.25) is 5.73 Å². The summed E-state index contributed by atoms with van der Waals surface area (Å²) in [6.07, 6.45) is 0.316. The molecule has 0 radical (unpaired) electrons. The Morgan fingerprint density at radius 2 is 2.36 bits per heavy atom. The van der Waals surface area contributed by atoms with Crippen molar-refractivity contribution in [3.8, 4) is 0 Å². The van der Waals surface area contributed by atoms with Crippen LogP contribution in [0.3, 0.4) is 0 Å². The summed E-state index contributed by atoms with van der Waals surface area (Å²) in [7, 11) is 0. The zero-order valence-corrected chi connectivity index (χ0v) is 9.20. The Kier molecular flexibility index (Phi) is 4.20. The van der Waals surface area contributed by atoms with Gasteiger partial charge in [-0.05, 0) is 29.2 Å². The van der Waals surface area contributed by atoms with Crippen LogP contribution >= 0.6 is 23.4 Å². The first-order chi connectivity index (χ1) is 6.63. The number of halogens is 1. The fourth-order valence-corrected chi connectivity index (χ4v) is 1.91. The van der Waals surface area contributed by atoms with Crippen molar-refractivity contribution < 1.29 is 10.5 Å². The van der Waals surface area contributed by atoms with Crippen molar-refractivity contribution in [3.63, 3.8) is 0 Å². The Morgan fingerprint density at radius 1 is 1.64 bits per heavy atom. The average molecular weight is 229 g/mol. The third-order valence-corrected chi connectivity index (χ3v) is 2.67. The van der Waals surface area contributed by atoms with Crippen molar-refractivity contribution in [3.05, 3.63) is 40.8 Å².